The lowest BCUT2D eigenvalue weighted by Crippen LogP contribution is -2.46. The highest BCUT2D eigenvalue weighted by Crippen LogP contribution is 2.36. The third kappa shape index (κ3) is 2.87. The summed E-state index contributed by atoms with van der Waals surface area (Å²) in [5, 5.41) is 4.53. The van der Waals surface area contributed by atoms with Crippen molar-refractivity contribution in [1.29, 1.82) is 0 Å². The van der Waals surface area contributed by atoms with Crippen LogP contribution in [-0.4, -0.2) is 46.0 Å². The number of piperidine rings is 1. The number of hydrogen-bond donors (Lipinski definition) is 2. The summed E-state index contributed by atoms with van der Waals surface area (Å²) in [7, 11) is -3.23. The normalized spacial score (nSPS) is 21.5. The summed E-state index contributed by atoms with van der Waals surface area (Å²) in [6.45, 7) is 4.52. The van der Waals surface area contributed by atoms with Crippen LogP contribution >= 0.6 is 0 Å². The molecule has 2 N–H and O–H groups in total. The summed E-state index contributed by atoms with van der Waals surface area (Å²) in [4.78, 5) is 16.6. The van der Waals surface area contributed by atoms with Crippen LogP contribution in [0.3, 0.4) is 0 Å². The Morgan fingerprint density at radius 3 is 2.96 bits per heavy atom. The SMILES string of the molecule is CCCS(=O)(=O)C1NCCCC1c1[nH]c(C)nc2cnc3nccc3c12. The fourth-order valence-electron chi connectivity index (χ4n) is 4.01. The molecule has 8 heteroatoms. The van der Waals surface area contributed by atoms with E-state index in [4.69, 9.17) is 0 Å². The monoisotopic (exact) mass is 373 g/mol. The number of sulfone groups is 1. The molecule has 2 atom stereocenters. The first kappa shape index (κ1) is 17.4. The van der Waals surface area contributed by atoms with Gasteiger partial charge in [-0.15, -0.1) is 0 Å². The molecule has 0 spiro atoms. The molecule has 2 unspecified atom stereocenters. The van der Waals surface area contributed by atoms with E-state index < -0.39 is 15.2 Å². The van der Waals surface area contributed by atoms with Crippen molar-refractivity contribution in [3.05, 3.63) is 30.0 Å². The summed E-state index contributed by atoms with van der Waals surface area (Å²) in [5.41, 5.74) is 2.35. The van der Waals surface area contributed by atoms with Gasteiger partial charge in [0.25, 0.3) is 0 Å². The molecule has 4 heterocycles. The van der Waals surface area contributed by atoms with Crippen LogP contribution in [-0.2, 0) is 9.84 Å². The molecule has 4 rings (SSSR count). The predicted octanol–water partition coefficient (Wildman–Crippen LogP) is 2.43. The van der Waals surface area contributed by atoms with E-state index in [-0.39, 0.29) is 11.7 Å². The number of hydrogen-bond acceptors (Lipinski definition) is 6. The maximum absolute atomic E-state index is 12.9. The van der Waals surface area contributed by atoms with Crippen molar-refractivity contribution in [3.63, 3.8) is 0 Å². The first-order valence-electron chi connectivity index (χ1n) is 9.06. The van der Waals surface area contributed by atoms with Gasteiger partial charge in [-0.05, 0) is 38.8 Å². The van der Waals surface area contributed by atoms with Crippen LogP contribution in [0.1, 0.15) is 43.6 Å². The highest BCUT2D eigenvalue weighted by atomic mass is 32.2. The van der Waals surface area contributed by atoms with Gasteiger partial charge in [0.05, 0.1) is 17.5 Å². The van der Waals surface area contributed by atoms with Gasteiger partial charge in [-0.3, -0.25) is 0 Å². The van der Waals surface area contributed by atoms with E-state index in [0.29, 0.717) is 12.1 Å². The van der Waals surface area contributed by atoms with Gasteiger partial charge in [-0.1, -0.05) is 6.92 Å². The number of aromatic nitrogens is 4. The van der Waals surface area contributed by atoms with Crippen molar-refractivity contribution in [2.24, 2.45) is 0 Å². The van der Waals surface area contributed by atoms with Crippen molar-refractivity contribution in [2.75, 3.05) is 12.3 Å². The summed E-state index contributed by atoms with van der Waals surface area (Å²) < 4.78 is 25.8. The third-order valence-electron chi connectivity index (χ3n) is 5.04. The van der Waals surface area contributed by atoms with Crippen LogP contribution in [0, 0.1) is 6.92 Å². The Balaban J connectivity index is 1.95. The van der Waals surface area contributed by atoms with Crippen LogP contribution in [0.5, 0.6) is 0 Å². The average Bonchev–Trinajstić information content (AvgIpc) is 3.09. The Morgan fingerprint density at radius 1 is 1.31 bits per heavy atom. The molecule has 0 saturated carbocycles. The van der Waals surface area contributed by atoms with E-state index in [9.17, 15) is 8.42 Å². The molecule has 7 nitrogen and oxygen atoms in total. The Bertz CT molecular complexity index is 1060. The molecular formula is C18H23N5O2S. The Kier molecular flexibility index (Phi) is 4.40. The number of fused-ring (bicyclic) bond motifs is 3. The first-order chi connectivity index (χ1) is 12.5. The minimum absolute atomic E-state index is 0.148. The second-order valence-electron chi connectivity index (χ2n) is 6.93. The molecule has 1 fully saturated rings. The average molecular weight is 373 g/mol. The van der Waals surface area contributed by atoms with E-state index >= 15 is 0 Å². The second kappa shape index (κ2) is 6.59. The molecule has 1 aliphatic rings. The Labute approximate surface area is 152 Å². The van der Waals surface area contributed by atoms with Gasteiger partial charge < -0.3 is 10.3 Å². The predicted molar refractivity (Wildman–Crippen MR) is 102 cm³/mol. The molecular weight excluding hydrogens is 350 g/mol. The minimum atomic E-state index is -3.23. The van der Waals surface area contributed by atoms with Crippen LogP contribution in [0.15, 0.2) is 18.5 Å². The summed E-state index contributed by atoms with van der Waals surface area (Å²) in [6, 6.07) is 1.92. The van der Waals surface area contributed by atoms with Gasteiger partial charge in [0.1, 0.15) is 11.2 Å². The second-order valence-corrected chi connectivity index (χ2v) is 9.17. The van der Waals surface area contributed by atoms with Gasteiger partial charge in [-0.25, -0.2) is 23.4 Å². The van der Waals surface area contributed by atoms with Gasteiger partial charge >= 0.3 is 0 Å². The molecule has 3 aromatic heterocycles. The lowest BCUT2D eigenvalue weighted by Gasteiger charge is -2.33. The van der Waals surface area contributed by atoms with Crippen molar-refractivity contribution in [2.45, 2.75) is 44.4 Å². The van der Waals surface area contributed by atoms with Crippen LogP contribution < -0.4 is 5.32 Å². The number of H-pyrrole nitrogens is 1. The topological polar surface area (TPSA) is 101 Å². The van der Waals surface area contributed by atoms with Crippen LogP contribution in [0.4, 0.5) is 0 Å². The maximum Gasteiger partial charge on any atom is 0.166 e. The fraction of sp³-hybridized carbons (Fsp3) is 0.500. The highest BCUT2D eigenvalue weighted by Gasteiger charge is 2.37. The van der Waals surface area contributed by atoms with Gasteiger partial charge in [-0.2, -0.15) is 0 Å². The van der Waals surface area contributed by atoms with E-state index in [0.717, 1.165) is 47.2 Å². The number of aromatic amines is 1. The van der Waals surface area contributed by atoms with Crippen molar-refractivity contribution >= 4 is 31.8 Å². The van der Waals surface area contributed by atoms with Crippen molar-refractivity contribution < 1.29 is 8.42 Å². The Hall–Kier alpha value is -2.06. The fourth-order valence-corrected chi connectivity index (χ4v) is 5.97. The maximum atomic E-state index is 12.9. The number of rotatable bonds is 4. The molecule has 0 amide bonds. The lowest BCUT2D eigenvalue weighted by molar-refractivity contribution is 0.407. The van der Waals surface area contributed by atoms with Gasteiger partial charge in [0.2, 0.25) is 0 Å². The smallest absolute Gasteiger partial charge is 0.166 e. The van der Waals surface area contributed by atoms with Crippen molar-refractivity contribution in [1.82, 2.24) is 25.3 Å². The molecule has 0 radical (unpaired) electrons. The lowest BCUT2D eigenvalue weighted by atomic mass is 9.92. The van der Waals surface area contributed by atoms with Gasteiger partial charge in [0, 0.05) is 28.6 Å². The molecule has 0 bridgehead atoms. The minimum Gasteiger partial charge on any atom is -0.346 e. The Morgan fingerprint density at radius 2 is 2.15 bits per heavy atom. The number of nitrogens with zero attached hydrogens (tertiary/aromatic N) is 3. The molecule has 0 aromatic carbocycles. The van der Waals surface area contributed by atoms with Crippen LogP contribution in [0.2, 0.25) is 0 Å². The van der Waals surface area contributed by atoms with E-state index in [1.807, 2.05) is 19.9 Å². The molecule has 26 heavy (non-hydrogen) atoms. The largest absolute Gasteiger partial charge is 0.346 e. The van der Waals surface area contributed by atoms with Gasteiger partial charge in [0.15, 0.2) is 15.5 Å². The number of aryl methyl sites for hydroxylation is 1. The zero-order valence-electron chi connectivity index (χ0n) is 15.0. The van der Waals surface area contributed by atoms with E-state index in [1.54, 1.807) is 12.4 Å². The quantitative estimate of drug-likeness (QED) is 0.728. The van der Waals surface area contributed by atoms with E-state index in [1.165, 1.54) is 0 Å². The number of nitrogens with one attached hydrogen (secondary N) is 2. The summed E-state index contributed by atoms with van der Waals surface area (Å²) >= 11 is 0. The summed E-state index contributed by atoms with van der Waals surface area (Å²) in [5.74, 6) is 0.799. The third-order valence-corrected chi connectivity index (χ3v) is 7.28. The van der Waals surface area contributed by atoms with Crippen molar-refractivity contribution in [3.8, 4) is 0 Å². The number of pyridine rings is 1. The molecule has 3 aromatic rings. The zero-order chi connectivity index (χ0) is 18.3. The van der Waals surface area contributed by atoms with E-state index in [2.05, 4.69) is 25.3 Å². The molecule has 138 valence electrons. The highest BCUT2D eigenvalue weighted by molar-refractivity contribution is 7.92. The zero-order valence-corrected chi connectivity index (χ0v) is 15.8. The molecule has 1 aliphatic heterocycles. The standard InChI is InChI=1S/C18H23N5O2S/c1-3-9-26(24,25)18-13(5-4-7-20-18)16-15-12-6-8-19-17(12)21-10-14(15)22-11(2)23-16/h6,8,10,13,18,20H,3-5,7,9H2,1-2H3,(H,22,23). The molecule has 0 aliphatic carbocycles. The molecule has 1 saturated heterocycles. The summed E-state index contributed by atoms with van der Waals surface area (Å²) in [6.07, 6.45) is 5.82. The van der Waals surface area contributed by atoms with Crippen LogP contribution in [0.25, 0.3) is 21.9 Å². The first-order valence-corrected chi connectivity index (χ1v) is 10.8.